The molecule has 0 aromatic heterocycles. The second-order valence-electron chi connectivity index (χ2n) is 6.06. The first-order chi connectivity index (χ1) is 13.1. The SMILES string of the molecule is FC(F)(F)c1cc(C(Sc2ccccc2)c2ccccc2)cc(C(F)(F)F)c1. The molecule has 0 amide bonds. The van der Waals surface area contributed by atoms with Gasteiger partial charge >= 0.3 is 12.4 Å². The zero-order valence-electron chi connectivity index (χ0n) is 14.3. The Kier molecular flexibility index (Phi) is 5.74. The molecule has 146 valence electrons. The fourth-order valence-corrected chi connectivity index (χ4v) is 3.87. The first-order valence-electron chi connectivity index (χ1n) is 8.20. The summed E-state index contributed by atoms with van der Waals surface area (Å²) in [5, 5.41) is -0.730. The molecule has 0 aliphatic heterocycles. The van der Waals surface area contributed by atoms with Crippen LogP contribution in [0.4, 0.5) is 26.3 Å². The molecule has 3 rings (SSSR count). The fraction of sp³-hybridized carbons (Fsp3) is 0.143. The lowest BCUT2D eigenvalue weighted by molar-refractivity contribution is -0.143. The van der Waals surface area contributed by atoms with Crippen molar-refractivity contribution in [2.45, 2.75) is 22.5 Å². The van der Waals surface area contributed by atoms with Crippen LogP contribution in [0.1, 0.15) is 27.5 Å². The van der Waals surface area contributed by atoms with E-state index in [9.17, 15) is 26.3 Å². The Morgan fingerprint density at radius 2 is 1.04 bits per heavy atom. The van der Waals surface area contributed by atoms with Crippen LogP contribution in [0, 0.1) is 0 Å². The molecule has 0 heterocycles. The zero-order valence-corrected chi connectivity index (χ0v) is 15.1. The summed E-state index contributed by atoms with van der Waals surface area (Å²) in [4.78, 5) is 0.738. The molecule has 0 saturated heterocycles. The Morgan fingerprint density at radius 3 is 1.50 bits per heavy atom. The smallest absolute Gasteiger partial charge is 0.166 e. The number of alkyl halides is 6. The van der Waals surface area contributed by atoms with Crippen molar-refractivity contribution in [3.05, 3.63) is 101 Å². The van der Waals surface area contributed by atoms with Crippen molar-refractivity contribution < 1.29 is 26.3 Å². The van der Waals surface area contributed by atoms with Gasteiger partial charge in [-0.1, -0.05) is 48.5 Å². The van der Waals surface area contributed by atoms with E-state index in [1.165, 1.54) is 11.8 Å². The second-order valence-corrected chi connectivity index (χ2v) is 7.24. The molecule has 0 N–H and O–H groups in total. The molecular weight excluding hydrogens is 398 g/mol. The van der Waals surface area contributed by atoms with Crippen molar-refractivity contribution in [3.63, 3.8) is 0 Å². The van der Waals surface area contributed by atoms with Crippen molar-refractivity contribution in [3.8, 4) is 0 Å². The van der Waals surface area contributed by atoms with Crippen LogP contribution in [0.3, 0.4) is 0 Å². The Bertz CT molecular complexity index is 885. The van der Waals surface area contributed by atoms with Crippen molar-refractivity contribution in [1.82, 2.24) is 0 Å². The van der Waals surface area contributed by atoms with Crippen LogP contribution in [0.5, 0.6) is 0 Å². The Labute approximate surface area is 162 Å². The number of benzene rings is 3. The lowest BCUT2D eigenvalue weighted by atomic mass is 9.98. The third-order valence-corrected chi connectivity index (χ3v) is 5.34. The molecule has 7 heteroatoms. The molecule has 3 aromatic rings. The van der Waals surface area contributed by atoms with Gasteiger partial charge in [0.2, 0.25) is 0 Å². The van der Waals surface area contributed by atoms with E-state index >= 15 is 0 Å². The summed E-state index contributed by atoms with van der Waals surface area (Å²) >= 11 is 1.20. The van der Waals surface area contributed by atoms with Gasteiger partial charge in [0.25, 0.3) is 0 Å². The molecule has 0 spiro atoms. The van der Waals surface area contributed by atoms with Gasteiger partial charge in [-0.25, -0.2) is 0 Å². The minimum Gasteiger partial charge on any atom is -0.166 e. The number of hydrogen-bond acceptors (Lipinski definition) is 1. The van der Waals surface area contributed by atoms with Crippen LogP contribution in [0.2, 0.25) is 0 Å². The van der Waals surface area contributed by atoms with Crippen LogP contribution in [0.25, 0.3) is 0 Å². The minimum atomic E-state index is -4.88. The molecule has 28 heavy (non-hydrogen) atoms. The lowest BCUT2D eigenvalue weighted by Crippen LogP contribution is -2.12. The minimum absolute atomic E-state index is 0.0535. The molecule has 3 aromatic carbocycles. The summed E-state index contributed by atoms with van der Waals surface area (Å²) < 4.78 is 79.5. The van der Waals surface area contributed by atoms with Crippen LogP contribution in [0.15, 0.2) is 83.8 Å². The molecule has 0 aliphatic rings. The molecule has 0 fully saturated rings. The van der Waals surface area contributed by atoms with Gasteiger partial charge in [-0.3, -0.25) is 0 Å². The maximum absolute atomic E-state index is 13.3. The second kappa shape index (κ2) is 7.91. The molecule has 1 unspecified atom stereocenters. The van der Waals surface area contributed by atoms with E-state index in [0.29, 0.717) is 5.56 Å². The Balaban J connectivity index is 2.16. The monoisotopic (exact) mass is 412 g/mol. The summed E-state index contributed by atoms with van der Waals surface area (Å²) in [6, 6.07) is 19.1. The average molecular weight is 412 g/mol. The number of halogens is 6. The zero-order chi connectivity index (χ0) is 20.4. The molecular formula is C21H14F6S. The summed E-state index contributed by atoms with van der Waals surface area (Å²) in [5.41, 5.74) is -2.06. The van der Waals surface area contributed by atoms with Crippen molar-refractivity contribution in [1.29, 1.82) is 0 Å². The molecule has 1 atom stereocenters. The number of hydrogen-bond donors (Lipinski definition) is 0. The van der Waals surface area contributed by atoms with E-state index in [2.05, 4.69) is 0 Å². The van der Waals surface area contributed by atoms with Crippen molar-refractivity contribution >= 4 is 11.8 Å². The van der Waals surface area contributed by atoms with Crippen LogP contribution in [-0.2, 0) is 12.4 Å². The highest BCUT2D eigenvalue weighted by Crippen LogP contribution is 2.44. The normalized spacial score (nSPS) is 13.4. The standard InChI is InChI=1S/C21H14F6S/c22-20(23,24)16-11-15(12-17(13-16)21(25,26)27)19(14-7-3-1-4-8-14)28-18-9-5-2-6-10-18/h1-13,19H. The predicted molar refractivity (Wildman–Crippen MR) is 97.0 cm³/mol. The number of rotatable bonds is 4. The third kappa shape index (κ3) is 4.90. The fourth-order valence-electron chi connectivity index (χ4n) is 2.72. The maximum Gasteiger partial charge on any atom is 0.416 e. The van der Waals surface area contributed by atoms with E-state index in [1.54, 1.807) is 60.7 Å². The Hall–Kier alpha value is -2.41. The van der Waals surface area contributed by atoms with Gasteiger partial charge in [0.15, 0.2) is 0 Å². The van der Waals surface area contributed by atoms with E-state index < -0.39 is 28.7 Å². The summed E-state index contributed by atoms with van der Waals surface area (Å²) in [5.74, 6) is 0. The molecule has 0 aliphatic carbocycles. The molecule has 0 saturated carbocycles. The molecule has 0 bridgehead atoms. The van der Waals surface area contributed by atoms with Gasteiger partial charge in [0, 0.05) is 4.90 Å². The largest absolute Gasteiger partial charge is 0.416 e. The topological polar surface area (TPSA) is 0 Å². The van der Waals surface area contributed by atoms with Crippen LogP contribution < -0.4 is 0 Å². The Morgan fingerprint density at radius 1 is 0.571 bits per heavy atom. The lowest BCUT2D eigenvalue weighted by Gasteiger charge is -2.21. The summed E-state index contributed by atoms with van der Waals surface area (Å²) in [7, 11) is 0. The van der Waals surface area contributed by atoms with Gasteiger partial charge in [0.1, 0.15) is 0 Å². The van der Waals surface area contributed by atoms with Crippen molar-refractivity contribution in [2.24, 2.45) is 0 Å². The first kappa shape index (κ1) is 20.3. The third-order valence-electron chi connectivity index (χ3n) is 4.01. The van der Waals surface area contributed by atoms with Crippen LogP contribution >= 0.6 is 11.8 Å². The van der Waals surface area contributed by atoms with E-state index in [0.717, 1.165) is 17.0 Å². The van der Waals surface area contributed by atoms with E-state index in [-0.39, 0.29) is 11.6 Å². The van der Waals surface area contributed by atoms with Gasteiger partial charge in [-0.15, -0.1) is 11.8 Å². The maximum atomic E-state index is 13.3. The quantitative estimate of drug-likeness (QED) is 0.314. The highest BCUT2D eigenvalue weighted by atomic mass is 32.2. The summed E-state index contributed by atoms with van der Waals surface area (Å²) in [6.07, 6.45) is -9.76. The van der Waals surface area contributed by atoms with E-state index in [1.807, 2.05) is 0 Å². The molecule has 0 radical (unpaired) electrons. The van der Waals surface area contributed by atoms with E-state index in [4.69, 9.17) is 0 Å². The van der Waals surface area contributed by atoms with Crippen LogP contribution in [-0.4, -0.2) is 0 Å². The van der Waals surface area contributed by atoms with Crippen molar-refractivity contribution in [2.75, 3.05) is 0 Å². The van der Waals surface area contributed by atoms with Gasteiger partial charge in [-0.05, 0) is 41.5 Å². The first-order valence-corrected chi connectivity index (χ1v) is 9.08. The summed E-state index contributed by atoms with van der Waals surface area (Å²) in [6.45, 7) is 0. The highest BCUT2D eigenvalue weighted by Gasteiger charge is 2.37. The van der Waals surface area contributed by atoms with Gasteiger partial charge < -0.3 is 0 Å². The van der Waals surface area contributed by atoms with Gasteiger partial charge in [-0.2, -0.15) is 26.3 Å². The highest BCUT2D eigenvalue weighted by molar-refractivity contribution is 7.99. The average Bonchev–Trinajstić information content (AvgIpc) is 2.66. The predicted octanol–water partition coefficient (Wildman–Crippen LogP) is 7.61. The number of thioether (sulfide) groups is 1. The van der Waals surface area contributed by atoms with Gasteiger partial charge in [0.05, 0.1) is 16.4 Å². The molecule has 0 nitrogen and oxygen atoms in total.